The molecule has 0 spiro atoms. The van der Waals surface area contributed by atoms with Gasteiger partial charge in [0.15, 0.2) is 5.69 Å². The van der Waals surface area contributed by atoms with Gasteiger partial charge in [-0.3, -0.25) is 4.40 Å². The van der Waals surface area contributed by atoms with Gasteiger partial charge in [0.1, 0.15) is 5.82 Å². The highest BCUT2D eigenvalue weighted by Gasteiger charge is 2.18. The fourth-order valence-corrected chi connectivity index (χ4v) is 2.10. The number of aromatic nitrogens is 2. The van der Waals surface area contributed by atoms with Crippen LogP contribution in [0, 0.1) is 0 Å². The highest BCUT2D eigenvalue weighted by atomic mass is 79.9. The van der Waals surface area contributed by atoms with Gasteiger partial charge in [0.05, 0.1) is 23.8 Å². The molecule has 0 radical (unpaired) electrons. The number of pyridine rings is 1. The average Bonchev–Trinajstić information content (AvgIpc) is 2.68. The summed E-state index contributed by atoms with van der Waals surface area (Å²) in [6.07, 6.45) is 0. The second kappa shape index (κ2) is 4.23. The van der Waals surface area contributed by atoms with Gasteiger partial charge in [-0.25, -0.2) is 9.78 Å². The van der Waals surface area contributed by atoms with Crippen molar-refractivity contribution < 1.29 is 9.53 Å². The molecule has 0 aromatic carbocycles. The lowest BCUT2D eigenvalue weighted by atomic mass is 10.3. The summed E-state index contributed by atoms with van der Waals surface area (Å²) in [5.41, 5.74) is 6.55. The molecule has 0 saturated heterocycles. The van der Waals surface area contributed by atoms with E-state index in [9.17, 15) is 4.79 Å². The van der Waals surface area contributed by atoms with Crippen molar-refractivity contribution in [3.05, 3.63) is 34.3 Å². The van der Waals surface area contributed by atoms with Crippen LogP contribution in [0.5, 0.6) is 0 Å². The van der Waals surface area contributed by atoms with Crippen molar-refractivity contribution in [3.8, 4) is 0 Å². The molecule has 16 heavy (non-hydrogen) atoms. The Hall–Kier alpha value is -1.40. The van der Waals surface area contributed by atoms with Gasteiger partial charge in [0.25, 0.3) is 0 Å². The molecule has 0 aliphatic rings. The molecule has 5 nitrogen and oxygen atoms in total. The zero-order valence-electron chi connectivity index (χ0n) is 8.61. The zero-order valence-corrected chi connectivity index (χ0v) is 10.2. The smallest absolute Gasteiger partial charge is 0.358 e. The lowest BCUT2D eigenvalue weighted by molar-refractivity contribution is 0.0597. The standard InChI is InChI=1S/C10H10BrN3O2/c1-16-10(15)9-6-3-2-4-7(11)14(6)8(5-12)13-9/h2-4H,5,12H2,1H3. The first-order valence-corrected chi connectivity index (χ1v) is 5.42. The number of hydrogen-bond acceptors (Lipinski definition) is 4. The molecule has 2 N–H and O–H groups in total. The van der Waals surface area contributed by atoms with Gasteiger partial charge >= 0.3 is 5.97 Å². The molecular weight excluding hydrogens is 274 g/mol. The first-order chi connectivity index (χ1) is 7.69. The Morgan fingerprint density at radius 3 is 3.00 bits per heavy atom. The molecule has 0 fully saturated rings. The van der Waals surface area contributed by atoms with Gasteiger partial charge in [-0.05, 0) is 28.1 Å². The van der Waals surface area contributed by atoms with Crippen LogP contribution in [0.25, 0.3) is 5.52 Å². The van der Waals surface area contributed by atoms with Crippen LogP contribution in [0.3, 0.4) is 0 Å². The van der Waals surface area contributed by atoms with Crippen molar-refractivity contribution in [2.24, 2.45) is 5.73 Å². The summed E-state index contributed by atoms with van der Waals surface area (Å²) < 4.78 is 7.25. The SMILES string of the molecule is COC(=O)c1nc(CN)n2c(Br)cccc12. The molecule has 0 amide bonds. The first kappa shape index (κ1) is 11.1. The molecule has 0 bridgehead atoms. The minimum Gasteiger partial charge on any atom is -0.464 e. The minimum atomic E-state index is -0.463. The highest BCUT2D eigenvalue weighted by Crippen LogP contribution is 2.20. The Labute approximate surface area is 100 Å². The van der Waals surface area contributed by atoms with E-state index in [-0.39, 0.29) is 12.2 Å². The largest absolute Gasteiger partial charge is 0.464 e. The molecule has 2 rings (SSSR count). The molecule has 0 aliphatic carbocycles. The Morgan fingerprint density at radius 1 is 1.62 bits per heavy atom. The summed E-state index contributed by atoms with van der Waals surface area (Å²) in [7, 11) is 1.33. The third kappa shape index (κ3) is 1.60. The van der Waals surface area contributed by atoms with E-state index in [0.29, 0.717) is 11.3 Å². The number of halogens is 1. The summed E-state index contributed by atoms with van der Waals surface area (Å²) in [6.45, 7) is 0.251. The Morgan fingerprint density at radius 2 is 2.38 bits per heavy atom. The number of nitrogens with two attached hydrogens (primary N) is 1. The van der Waals surface area contributed by atoms with Crippen LogP contribution in [0.2, 0.25) is 0 Å². The third-order valence-electron chi connectivity index (χ3n) is 2.25. The number of esters is 1. The van der Waals surface area contributed by atoms with Crippen molar-refractivity contribution in [2.75, 3.05) is 7.11 Å². The number of hydrogen-bond donors (Lipinski definition) is 1. The van der Waals surface area contributed by atoms with E-state index in [0.717, 1.165) is 4.60 Å². The number of carbonyl (C=O) groups excluding carboxylic acids is 1. The maximum absolute atomic E-state index is 11.5. The summed E-state index contributed by atoms with van der Waals surface area (Å²) in [4.78, 5) is 15.7. The van der Waals surface area contributed by atoms with Crippen molar-refractivity contribution >= 4 is 27.4 Å². The van der Waals surface area contributed by atoms with Crippen molar-refractivity contribution in [1.29, 1.82) is 0 Å². The number of rotatable bonds is 2. The molecule has 0 atom stereocenters. The Bertz CT molecular complexity index is 550. The Balaban J connectivity index is 2.78. The number of nitrogens with zero attached hydrogens (tertiary/aromatic N) is 2. The van der Waals surface area contributed by atoms with E-state index < -0.39 is 5.97 Å². The molecule has 6 heteroatoms. The topological polar surface area (TPSA) is 69.6 Å². The predicted molar refractivity (Wildman–Crippen MR) is 62.1 cm³/mol. The molecule has 84 valence electrons. The monoisotopic (exact) mass is 283 g/mol. The van der Waals surface area contributed by atoms with Crippen LogP contribution < -0.4 is 5.73 Å². The van der Waals surface area contributed by atoms with E-state index in [4.69, 9.17) is 5.73 Å². The number of methoxy groups -OCH3 is 1. The van der Waals surface area contributed by atoms with Crippen LogP contribution in [0.1, 0.15) is 16.3 Å². The predicted octanol–water partition coefficient (Wildman–Crippen LogP) is 1.34. The first-order valence-electron chi connectivity index (χ1n) is 4.63. The van der Waals surface area contributed by atoms with Crippen LogP contribution in [-0.2, 0) is 11.3 Å². The fraction of sp³-hybridized carbons (Fsp3) is 0.200. The van der Waals surface area contributed by atoms with Crippen molar-refractivity contribution in [2.45, 2.75) is 6.54 Å². The Kier molecular flexibility index (Phi) is 2.93. The number of carbonyl (C=O) groups is 1. The normalized spacial score (nSPS) is 10.7. The average molecular weight is 284 g/mol. The number of ether oxygens (including phenoxy) is 1. The van der Waals surface area contributed by atoms with Gasteiger partial charge in [0.2, 0.25) is 0 Å². The summed E-state index contributed by atoms with van der Waals surface area (Å²) in [5.74, 6) is 0.151. The van der Waals surface area contributed by atoms with Gasteiger partial charge in [0, 0.05) is 0 Å². The fourth-order valence-electron chi connectivity index (χ4n) is 1.55. The molecule has 0 saturated carbocycles. The van der Waals surface area contributed by atoms with Crippen molar-refractivity contribution in [1.82, 2.24) is 9.38 Å². The van der Waals surface area contributed by atoms with Crippen LogP contribution in [0.15, 0.2) is 22.8 Å². The molecule has 2 aromatic rings. The molecule has 0 aliphatic heterocycles. The zero-order chi connectivity index (χ0) is 11.7. The van der Waals surface area contributed by atoms with E-state index in [1.807, 2.05) is 12.1 Å². The van der Waals surface area contributed by atoms with Crippen LogP contribution in [0.4, 0.5) is 0 Å². The van der Waals surface area contributed by atoms with Gasteiger partial charge < -0.3 is 10.5 Å². The minimum absolute atomic E-state index is 0.251. The van der Waals surface area contributed by atoms with Crippen LogP contribution in [-0.4, -0.2) is 22.5 Å². The van der Waals surface area contributed by atoms with Gasteiger partial charge in [-0.2, -0.15) is 0 Å². The number of imidazole rings is 1. The second-order valence-electron chi connectivity index (χ2n) is 3.14. The quantitative estimate of drug-likeness (QED) is 0.667. The van der Waals surface area contributed by atoms with Gasteiger partial charge in [-0.1, -0.05) is 6.07 Å². The summed E-state index contributed by atoms with van der Waals surface area (Å²) in [6, 6.07) is 5.48. The van der Waals surface area contributed by atoms with Crippen LogP contribution >= 0.6 is 15.9 Å². The van der Waals surface area contributed by atoms with E-state index >= 15 is 0 Å². The van der Waals surface area contributed by atoms with Crippen molar-refractivity contribution in [3.63, 3.8) is 0 Å². The number of fused-ring (bicyclic) bond motifs is 1. The summed E-state index contributed by atoms with van der Waals surface area (Å²) in [5, 5.41) is 0. The maximum atomic E-state index is 11.5. The highest BCUT2D eigenvalue weighted by molar-refractivity contribution is 9.10. The van der Waals surface area contributed by atoms with E-state index in [1.54, 1.807) is 10.5 Å². The second-order valence-corrected chi connectivity index (χ2v) is 3.95. The lowest BCUT2D eigenvalue weighted by Crippen LogP contribution is -2.04. The summed E-state index contributed by atoms with van der Waals surface area (Å²) >= 11 is 3.39. The molecule has 2 aromatic heterocycles. The molecule has 0 unspecified atom stereocenters. The van der Waals surface area contributed by atoms with E-state index in [1.165, 1.54) is 7.11 Å². The van der Waals surface area contributed by atoms with E-state index in [2.05, 4.69) is 25.7 Å². The molecular formula is C10H10BrN3O2. The maximum Gasteiger partial charge on any atom is 0.358 e. The molecule has 2 heterocycles. The third-order valence-corrected chi connectivity index (χ3v) is 2.86. The lowest BCUT2D eigenvalue weighted by Gasteiger charge is -2.00. The van der Waals surface area contributed by atoms with Gasteiger partial charge in [-0.15, -0.1) is 0 Å².